The maximum atomic E-state index is 11.6. The van der Waals surface area contributed by atoms with Crippen molar-refractivity contribution < 1.29 is 14.6 Å². The molecule has 0 aromatic heterocycles. The molecule has 0 spiro atoms. The van der Waals surface area contributed by atoms with Gasteiger partial charge in [-0.1, -0.05) is 0 Å². The zero-order valence-corrected chi connectivity index (χ0v) is 12.4. The van der Waals surface area contributed by atoms with Crippen LogP contribution in [0.5, 0.6) is 0 Å². The first kappa shape index (κ1) is 13.8. The average Bonchev–Trinajstić information content (AvgIpc) is 2.73. The molecule has 0 radical (unpaired) electrons. The van der Waals surface area contributed by atoms with Gasteiger partial charge in [0.1, 0.15) is 6.04 Å². The highest BCUT2D eigenvalue weighted by atomic mass is 79.9. The third-order valence-corrected chi connectivity index (χ3v) is 4.31. The van der Waals surface area contributed by atoms with E-state index in [1.165, 1.54) is 0 Å². The lowest BCUT2D eigenvalue weighted by molar-refractivity contribution is -0.116. The summed E-state index contributed by atoms with van der Waals surface area (Å²) >= 11 is 3.54. The molecule has 1 aromatic rings. The highest BCUT2D eigenvalue weighted by molar-refractivity contribution is 9.10. The molecule has 6 nitrogen and oxygen atoms in total. The number of ether oxygens (including phenoxy) is 1. The number of nitrogens with one attached hydrogen (secondary N) is 1. The summed E-state index contributed by atoms with van der Waals surface area (Å²) in [5.41, 5.74) is 8.36. The average molecular weight is 342 g/mol. The minimum absolute atomic E-state index is 0.000664. The number of hydrogen-bond donors (Lipinski definition) is 3. The number of halogens is 1. The van der Waals surface area contributed by atoms with E-state index >= 15 is 0 Å². The Balaban J connectivity index is 1.91. The Bertz CT molecular complexity index is 552. The zero-order chi connectivity index (χ0) is 14.3. The van der Waals surface area contributed by atoms with Crippen LogP contribution in [0.15, 0.2) is 16.6 Å². The molecule has 2 aliphatic heterocycles. The second-order valence-electron chi connectivity index (χ2n) is 4.98. The van der Waals surface area contributed by atoms with Gasteiger partial charge < -0.3 is 25.8 Å². The normalized spacial score (nSPS) is 25.6. The summed E-state index contributed by atoms with van der Waals surface area (Å²) in [6, 6.07) is 3.20. The maximum Gasteiger partial charge on any atom is 0.245 e. The second-order valence-corrected chi connectivity index (χ2v) is 5.83. The van der Waals surface area contributed by atoms with Crippen LogP contribution in [0.3, 0.4) is 0 Å². The van der Waals surface area contributed by atoms with Crippen molar-refractivity contribution in [2.75, 3.05) is 36.5 Å². The lowest BCUT2D eigenvalue weighted by Gasteiger charge is -2.34. The fourth-order valence-corrected chi connectivity index (χ4v) is 3.20. The Morgan fingerprint density at radius 1 is 1.55 bits per heavy atom. The molecule has 0 aliphatic carbocycles. The minimum atomic E-state index is -0.606. The predicted octanol–water partition coefficient (Wildman–Crippen LogP) is 0.598. The molecule has 1 amide bonds. The van der Waals surface area contributed by atoms with E-state index in [-0.39, 0.29) is 18.6 Å². The first-order valence-electron chi connectivity index (χ1n) is 6.47. The fourth-order valence-electron chi connectivity index (χ4n) is 2.59. The summed E-state index contributed by atoms with van der Waals surface area (Å²) in [5, 5.41) is 12.0. The van der Waals surface area contributed by atoms with Gasteiger partial charge in [-0.2, -0.15) is 0 Å². The molecule has 3 rings (SSSR count). The van der Waals surface area contributed by atoms with E-state index in [1.807, 2.05) is 12.1 Å². The zero-order valence-electron chi connectivity index (χ0n) is 10.8. The van der Waals surface area contributed by atoms with Crippen LogP contribution in [0.25, 0.3) is 0 Å². The van der Waals surface area contributed by atoms with Crippen molar-refractivity contribution in [1.82, 2.24) is 0 Å². The number of amides is 1. The largest absolute Gasteiger partial charge is 0.394 e. The van der Waals surface area contributed by atoms with E-state index in [0.29, 0.717) is 13.2 Å². The van der Waals surface area contributed by atoms with Crippen LogP contribution < -0.4 is 16.0 Å². The van der Waals surface area contributed by atoms with Crippen molar-refractivity contribution in [3.63, 3.8) is 0 Å². The molecule has 1 fully saturated rings. The Morgan fingerprint density at radius 3 is 3.10 bits per heavy atom. The highest BCUT2D eigenvalue weighted by Crippen LogP contribution is 2.38. The third-order valence-electron chi connectivity index (χ3n) is 3.68. The number of rotatable bonds is 2. The number of nitrogens with two attached hydrogens (primary N) is 1. The van der Waals surface area contributed by atoms with Gasteiger partial charge in [0.05, 0.1) is 25.0 Å². The van der Waals surface area contributed by atoms with E-state index in [9.17, 15) is 9.90 Å². The number of fused-ring (bicyclic) bond motifs is 1. The maximum absolute atomic E-state index is 11.6. The van der Waals surface area contributed by atoms with E-state index < -0.39 is 6.04 Å². The summed E-state index contributed by atoms with van der Waals surface area (Å²) in [6.07, 6.45) is -0.180. The van der Waals surface area contributed by atoms with Gasteiger partial charge in [-0.15, -0.1) is 0 Å². The molecule has 2 aliphatic rings. The van der Waals surface area contributed by atoms with Crippen LogP contribution >= 0.6 is 15.9 Å². The number of benzene rings is 1. The molecule has 2 heterocycles. The molecule has 108 valence electrons. The van der Waals surface area contributed by atoms with Gasteiger partial charge in [0.15, 0.2) is 0 Å². The van der Waals surface area contributed by atoms with Crippen LogP contribution in [-0.2, 0) is 9.53 Å². The number of anilines is 2. The van der Waals surface area contributed by atoms with Crippen molar-refractivity contribution in [1.29, 1.82) is 0 Å². The summed E-state index contributed by atoms with van der Waals surface area (Å²) < 4.78 is 6.34. The number of aliphatic hydroxyl groups is 1. The van der Waals surface area contributed by atoms with Gasteiger partial charge in [-0.3, -0.25) is 4.79 Å². The van der Waals surface area contributed by atoms with E-state index in [1.54, 1.807) is 0 Å². The van der Waals surface area contributed by atoms with Gasteiger partial charge >= 0.3 is 0 Å². The number of hydrogen-bond acceptors (Lipinski definition) is 5. The Morgan fingerprint density at radius 2 is 2.35 bits per heavy atom. The van der Waals surface area contributed by atoms with E-state index in [4.69, 9.17) is 10.5 Å². The standard InChI is InChI=1S/C13H16BrN3O3/c14-9-3-8-10(16-13(19)12(8)15)4-11(9)17-1-2-20-7(5-17)6-18/h3-4,7,12,18H,1-2,5-6,15H2,(H,16,19). The van der Waals surface area contributed by atoms with Gasteiger partial charge in [0, 0.05) is 28.8 Å². The first-order chi connectivity index (χ1) is 9.60. The van der Waals surface area contributed by atoms with Crippen molar-refractivity contribution in [3.8, 4) is 0 Å². The molecule has 7 heteroatoms. The third kappa shape index (κ3) is 2.31. The van der Waals surface area contributed by atoms with Crippen LogP contribution in [0.2, 0.25) is 0 Å². The number of carbonyl (C=O) groups is 1. The smallest absolute Gasteiger partial charge is 0.245 e. The summed E-state index contributed by atoms with van der Waals surface area (Å²) in [7, 11) is 0. The molecule has 0 bridgehead atoms. The number of aliphatic hydroxyl groups excluding tert-OH is 1. The molecule has 1 saturated heterocycles. The summed E-state index contributed by atoms with van der Waals surface area (Å²) in [6.45, 7) is 1.93. The van der Waals surface area contributed by atoms with Gasteiger partial charge in [-0.05, 0) is 28.1 Å². The van der Waals surface area contributed by atoms with Crippen LogP contribution in [0.1, 0.15) is 11.6 Å². The van der Waals surface area contributed by atoms with Gasteiger partial charge in [0.2, 0.25) is 5.91 Å². The topological polar surface area (TPSA) is 87.8 Å². The fraction of sp³-hybridized carbons (Fsp3) is 0.462. The van der Waals surface area contributed by atoms with E-state index in [0.717, 1.165) is 28.0 Å². The lowest BCUT2D eigenvalue weighted by Crippen LogP contribution is -2.44. The van der Waals surface area contributed by atoms with Crippen LogP contribution in [-0.4, -0.2) is 43.4 Å². The highest BCUT2D eigenvalue weighted by Gasteiger charge is 2.30. The minimum Gasteiger partial charge on any atom is -0.394 e. The van der Waals surface area contributed by atoms with Crippen molar-refractivity contribution in [2.24, 2.45) is 5.73 Å². The van der Waals surface area contributed by atoms with Crippen molar-refractivity contribution in [2.45, 2.75) is 12.1 Å². The molecule has 4 N–H and O–H groups in total. The number of nitrogens with zero attached hydrogens (tertiary/aromatic N) is 1. The van der Waals surface area contributed by atoms with Gasteiger partial charge in [0.25, 0.3) is 0 Å². The molecule has 2 unspecified atom stereocenters. The first-order valence-corrected chi connectivity index (χ1v) is 7.26. The molecule has 0 saturated carbocycles. The van der Waals surface area contributed by atoms with Crippen LogP contribution in [0, 0.1) is 0 Å². The Kier molecular flexibility index (Phi) is 3.68. The Labute approximate surface area is 125 Å². The number of morpholine rings is 1. The van der Waals surface area contributed by atoms with Crippen LogP contribution in [0.4, 0.5) is 11.4 Å². The van der Waals surface area contributed by atoms with E-state index in [2.05, 4.69) is 26.1 Å². The Hall–Kier alpha value is -1.15. The molecular weight excluding hydrogens is 326 g/mol. The molecular formula is C13H16BrN3O3. The number of carbonyl (C=O) groups excluding carboxylic acids is 1. The van der Waals surface area contributed by atoms with Crippen molar-refractivity contribution in [3.05, 3.63) is 22.2 Å². The van der Waals surface area contributed by atoms with Gasteiger partial charge in [-0.25, -0.2) is 0 Å². The quantitative estimate of drug-likeness (QED) is 0.733. The SMILES string of the molecule is NC1C(=O)Nc2cc(N3CCOC(CO)C3)c(Br)cc21. The monoisotopic (exact) mass is 341 g/mol. The summed E-state index contributed by atoms with van der Waals surface area (Å²) in [4.78, 5) is 13.7. The lowest BCUT2D eigenvalue weighted by atomic mass is 10.1. The molecule has 20 heavy (non-hydrogen) atoms. The molecule has 1 aromatic carbocycles. The second kappa shape index (κ2) is 5.33. The summed E-state index contributed by atoms with van der Waals surface area (Å²) in [5.74, 6) is -0.181. The molecule has 2 atom stereocenters. The predicted molar refractivity (Wildman–Crippen MR) is 78.7 cm³/mol. The van der Waals surface area contributed by atoms with Crippen molar-refractivity contribution >= 4 is 33.2 Å².